The summed E-state index contributed by atoms with van der Waals surface area (Å²) in [6.07, 6.45) is 4.51. The summed E-state index contributed by atoms with van der Waals surface area (Å²) in [7, 11) is 3.36. The van der Waals surface area contributed by atoms with E-state index in [1.54, 1.807) is 14.2 Å². The lowest BCUT2D eigenvalue weighted by atomic mass is 9.75. The predicted octanol–water partition coefficient (Wildman–Crippen LogP) is 7.89. The van der Waals surface area contributed by atoms with Crippen molar-refractivity contribution in [3.63, 3.8) is 0 Å². The number of nitrogens with two attached hydrogens (primary N) is 2. The molecule has 4 aromatic rings. The van der Waals surface area contributed by atoms with Crippen molar-refractivity contribution in [3.8, 4) is 34.5 Å². The summed E-state index contributed by atoms with van der Waals surface area (Å²) in [5.41, 5.74) is 15.5. The van der Waals surface area contributed by atoms with Crippen LogP contribution in [0.3, 0.4) is 0 Å². The fourth-order valence-corrected chi connectivity index (χ4v) is 5.17. The van der Waals surface area contributed by atoms with Gasteiger partial charge in [0.25, 0.3) is 0 Å². The molecule has 0 bridgehead atoms. The van der Waals surface area contributed by atoms with E-state index >= 15 is 0 Å². The number of hydrogen-bond donors (Lipinski definition) is 2. The standard InChI is InChI=1S/C32H34N2O4/c1-35-31-19-23(6-16-29(31)37-27-12-8-25(33)9-13-27)21-4-3-5-22(18-21)24-7-17-30(32(20-24)36-2)38-28-14-10-26(34)11-15-28/h6-17,19-22H,3-5,18,33-34H2,1-2H3. The van der Waals surface area contributed by atoms with Crippen molar-refractivity contribution in [2.45, 2.75) is 37.5 Å². The van der Waals surface area contributed by atoms with Crippen molar-refractivity contribution in [3.05, 3.63) is 96.1 Å². The van der Waals surface area contributed by atoms with Crippen molar-refractivity contribution in [2.24, 2.45) is 0 Å². The zero-order chi connectivity index (χ0) is 26.5. The molecule has 2 atom stereocenters. The first-order valence-electron chi connectivity index (χ1n) is 12.9. The molecule has 4 aromatic carbocycles. The van der Waals surface area contributed by atoms with Crippen molar-refractivity contribution in [2.75, 3.05) is 25.7 Å². The zero-order valence-corrected chi connectivity index (χ0v) is 21.9. The molecule has 196 valence electrons. The maximum atomic E-state index is 6.06. The molecule has 1 aliphatic carbocycles. The van der Waals surface area contributed by atoms with Crippen LogP contribution in [0.15, 0.2) is 84.9 Å². The van der Waals surface area contributed by atoms with E-state index in [2.05, 4.69) is 24.3 Å². The van der Waals surface area contributed by atoms with Gasteiger partial charge in [0.15, 0.2) is 23.0 Å². The molecule has 4 N–H and O–H groups in total. The molecule has 5 rings (SSSR count). The second-order valence-corrected chi connectivity index (χ2v) is 9.72. The molecule has 1 aliphatic rings. The highest BCUT2D eigenvalue weighted by Gasteiger charge is 2.26. The number of rotatable bonds is 8. The number of hydrogen-bond acceptors (Lipinski definition) is 6. The Balaban J connectivity index is 1.31. The van der Waals surface area contributed by atoms with E-state index < -0.39 is 0 Å². The van der Waals surface area contributed by atoms with Crippen LogP contribution in [0.5, 0.6) is 34.5 Å². The minimum Gasteiger partial charge on any atom is -0.493 e. The van der Waals surface area contributed by atoms with Gasteiger partial charge in [0, 0.05) is 11.4 Å². The van der Waals surface area contributed by atoms with Crippen molar-refractivity contribution in [1.29, 1.82) is 0 Å². The Morgan fingerprint density at radius 2 is 0.974 bits per heavy atom. The summed E-state index contributed by atoms with van der Waals surface area (Å²) in [5, 5.41) is 0. The van der Waals surface area contributed by atoms with Crippen LogP contribution in [-0.4, -0.2) is 14.2 Å². The normalized spacial score (nSPS) is 17.0. The van der Waals surface area contributed by atoms with Gasteiger partial charge in [-0.25, -0.2) is 0 Å². The van der Waals surface area contributed by atoms with Crippen LogP contribution in [0.1, 0.15) is 48.6 Å². The van der Waals surface area contributed by atoms with Gasteiger partial charge in [0.05, 0.1) is 14.2 Å². The minimum atomic E-state index is 0.435. The molecule has 2 unspecified atom stereocenters. The van der Waals surface area contributed by atoms with Crippen LogP contribution in [-0.2, 0) is 0 Å². The van der Waals surface area contributed by atoms with Gasteiger partial charge >= 0.3 is 0 Å². The van der Waals surface area contributed by atoms with Crippen LogP contribution in [0, 0.1) is 0 Å². The second kappa shape index (κ2) is 11.4. The Morgan fingerprint density at radius 1 is 0.553 bits per heavy atom. The van der Waals surface area contributed by atoms with Gasteiger partial charge in [-0.05, 0) is 115 Å². The Labute approximate surface area is 224 Å². The van der Waals surface area contributed by atoms with Crippen LogP contribution in [0.2, 0.25) is 0 Å². The highest BCUT2D eigenvalue weighted by atomic mass is 16.5. The molecule has 0 heterocycles. The average Bonchev–Trinajstić information content (AvgIpc) is 2.96. The van der Waals surface area contributed by atoms with E-state index in [-0.39, 0.29) is 0 Å². The Morgan fingerprint density at radius 3 is 1.37 bits per heavy atom. The van der Waals surface area contributed by atoms with Gasteiger partial charge < -0.3 is 30.4 Å². The van der Waals surface area contributed by atoms with E-state index in [0.717, 1.165) is 48.7 Å². The number of methoxy groups -OCH3 is 2. The van der Waals surface area contributed by atoms with Crippen LogP contribution in [0.25, 0.3) is 0 Å². The molecular formula is C32H34N2O4. The lowest BCUT2D eigenvalue weighted by molar-refractivity contribution is 0.367. The molecule has 6 nitrogen and oxygen atoms in total. The lowest BCUT2D eigenvalue weighted by Crippen LogP contribution is -2.13. The van der Waals surface area contributed by atoms with Crippen LogP contribution < -0.4 is 30.4 Å². The molecule has 1 saturated carbocycles. The summed E-state index contributed by atoms with van der Waals surface area (Å²) in [4.78, 5) is 0. The van der Waals surface area contributed by atoms with Gasteiger partial charge in [0.2, 0.25) is 0 Å². The lowest BCUT2D eigenvalue weighted by Gasteiger charge is -2.30. The molecule has 1 fully saturated rings. The Hall–Kier alpha value is -4.32. The highest BCUT2D eigenvalue weighted by molar-refractivity contribution is 5.50. The summed E-state index contributed by atoms with van der Waals surface area (Å²) in [5.74, 6) is 5.15. The molecule has 0 aromatic heterocycles. The third kappa shape index (κ3) is 5.80. The maximum absolute atomic E-state index is 6.06. The largest absolute Gasteiger partial charge is 0.493 e. The molecule has 0 saturated heterocycles. The topological polar surface area (TPSA) is 89.0 Å². The van der Waals surface area contributed by atoms with Crippen LogP contribution in [0.4, 0.5) is 11.4 Å². The summed E-state index contributed by atoms with van der Waals surface area (Å²) in [6, 6.07) is 27.3. The Kier molecular flexibility index (Phi) is 7.59. The zero-order valence-electron chi connectivity index (χ0n) is 21.9. The highest BCUT2D eigenvalue weighted by Crippen LogP contribution is 2.45. The van der Waals surface area contributed by atoms with Crippen molar-refractivity contribution in [1.82, 2.24) is 0 Å². The van der Waals surface area contributed by atoms with Crippen molar-refractivity contribution >= 4 is 11.4 Å². The first kappa shape index (κ1) is 25.3. The number of anilines is 2. The first-order chi connectivity index (χ1) is 18.5. The molecule has 0 spiro atoms. The van der Waals surface area contributed by atoms with E-state index in [4.69, 9.17) is 30.4 Å². The number of benzene rings is 4. The van der Waals surface area contributed by atoms with Gasteiger partial charge in [-0.2, -0.15) is 0 Å². The third-order valence-corrected chi connectivity index (χ3v) is 7.21. The average molecular weight is 511 g/mol. The summed E-state index contributed by atoms with van der Waals surface area (Å²) < 4.78 is 23.5. The van der Waals surface area contributed by atoms with Crippen molar-refractivity contribution < 1.29 is 18.9 Å². The molecular weight excluding hydrogens is 476 g/mol. The van der Waals surface area contributed by atoms with Gasteiger partial charge in [-0.3, -0.25) is 0 Å². The fourth-order valence-electron chi connectivity index (χ4n) is 5.17. The molecule has 0 aliphatic heterocycles. The smallest absolute Gasteiger partial charge is 0.169 e. The molecule has 6 heteroatoms. The number of ether oxygens (including phenoxy) is 4. The maximum Gasteiger partial charge on any atom is 0.169 e. The van der Waals surface area contributed by atoms with Gasteiger partial charge in [0.1, 0.15) is 11.5 Å². The molecule has 0 amide bonds. The fraction of sp³-hybridized carbons (Fsp3) is 0.250. The molecule has 0 radical (unpaired) electrons. The van der Waals surface area contributed by atoms with E-state index in [9.17, 15) is 0 Å². The minimum absolute atomic E-state index is 0.435. The first-order valence-corrected chi connectivity index (χ1v) is 12.9. The quantitative estimate of drug-likeness (QED) is 0.234. The van der Waals surface area contributed by atoms with Gasteiger partial charge in [-0.1, -0.05) is 18.6 Å². The summed E-state index contributed by atoms with van der Waals surface area (Å²) >= 11 is 0. The number of nitrogen functional groups attached to an aromatic ring is 2. The third-order valence-electron chi connectivity index (χ3n) is 7.21. The predicted molar refractivity (Wildman–Crippen MR) is 152 cm³/mol. The Bertz CT molecular complexity index is 1260. The molecule has 38 heavy (non-hydrogen) atoms. The van der Waals surface area contributed by atoms with Crippen LogP contribution >= 0.6 is 0 Å². The van der Waals surface area contributed by atoms with E-state index in [1.165, 1.54) is 11.1 Å². The summed E-state index contributed by atoms with van der Waals surface area (Å²) in [6.45, 7) is 0. The SMILES string of the molecule is COc1cc(C2CCCC(c3ccc(Oc4ccc(N)cc4)c(OC)c3)C2)ccc1Oc1ccc(N)cc1. The van der Waals surface area contributed by atoms with Gasteiger partial charge in [-0.15, -0.1) is 0 Å². The van der Waals surface area contributed by atoms with E-state index in [1.807, 2.05) is 60.7 Å². The monoisotopic (exact) mass is 510 g/mol. The van der Waals surface area contributed by atoms with E-state index in [0.29, 0.717) is 34.7 Å². The second-order valence-electron chi connectivity index (χ2n) is 9.72.